The van der Waals surface area contributed by atoms with Gasteiger partial charge in [0.05, 0.1) is 0 Å². The largest absolute Gasteiger partial charge is 0.396 e. The van der Waals surface area contributed by atoms with E-state index in [-0.39, 0.29) is 0 Å². The standard InChI is InChI=1S/C7H13N3O/c1-2-11-10-6-7-8-4-3-5-9-7/h6H,2-5H2,1H3,(H,8,9). The lowest BCUT2D eigenvalue weighted by Gasteiger charge is -2.09. The normalized spacial score (nSPS) is 17.7. The van der Waals surface area contributed by atoms with Gasteiger partial charge in [0.1, 0.15) is 18.7 Å². The summed E-state index contributed by atoms with van der Waals surface area (Å²) in [6.45, 7) is 4.37. The highest BCUT2D eigenvalue weighted by atomic mass is 16.6. The van der Waals surface area contributed by atoms with E-state index in [1.54, 1.807) is 6.21 Å². The fourth-order valence-corrected chi connectivity index (χ4v) is 0.799. The van der Waals surface area contributed by atoms with Gasteiger partial charge >= 0.3 is 0 Å². The maximum Gasteiger partial charge on any atom is 0.143 e. The molecule has 4 heteroatoms. The highest BCUT2D eigenvalue weighted by molar-refractivity contribution is 6.29. The average Bonchev–Trinajstić information content (AvgIpc) is 2.07. The molecule has 0 atom stereocenters. The molecule has 0 aromatic carbocycles. The van der Waals surface area contributed by atoms with Crippen LogP contribution in [0.1, 0.15) is 13.3 Å². The fourth-order valence-electron chi connectivity index (χ4n) is 0.799. The lowest BCUT2D eigenvalue weighted by atomic mass is 10.4. The summed E-state index contributed by atoms with van der Waals surface area (Å²) in [4.78, 5) is 8.96. The van der Waals surface area contributed by atoms with Gasteiger partial charge in [0.2, 0.25) is 0 Å². The van der Waals surface area contributed by atoms with Gasteiger partial charge in [-0.1, -0.05) is 5.16 Å². The molecule has 1 heterocycles. The van der Waals surface area contributed by atoms with Crippen LogP contribution >= 0.6 is 0 Å². The predicted molar refractivity (Wildman–Crippen MR) is 45.0 cm³/mol. The molecule has 62 valence electrons. The first kappa shape index (κ1) is 8.04. The van der Waals surface area contributed by atoms with Crippen LogP contribution < -0.4 is 5.32 Å². The minimum Gasteiger partial charge on any atom is -0.396 e. The number of hydrogen-bond donors (Lipinski definition) is 1. The highest BCUT2D eigenvalue weighted by Gasteiger charge is 1.99. The SMILES string of the molecule is CCON=CC1=NCCCN1. The van der Waals surface area contributed by atoms with E-state index in [9.17, 15) is 0 Å². The van der Waals surface area contributed by atoms with Crippen LogP contribution in [0.4, 0.5) is 0 Å². The molecule has 0 spiro atoms. The zero-order chi connectivity index (χ0) is 7.94. The maximum absolute atomic E-state index is 4.78. The van der Waals surface area contributed by atoms with Crippen molar-refractivity contribution in [2.45, 2.75) is 13.3 Å². The van der Waals surface area contributed by atoms with Gasteiger partial charge in [-0.05, 0) is 13.3 Å². The van der Waals surface area contributed by atoms with E-state index in [1.165, 1.54) is 0 Å². The molecule has 0 aromatic heterocycles. The van der Waals surface area contributed by atoms with Crippen LogP contribution in [-0.4, -0.2) is 31.7 Å². The Morgan fingerprint density at radius 2 is 2.73 bits per heavy atom. The molecular formula is C7H13N3O. The van der Waals surface area contributed by atoms with Gasteiger partial charge in [-0.15, -0.1) is 0 Å². The Morgan fingerprint density at radius 1 is 1.82 bits per heavy atom. The van der Waals surface area contributed by atoms with E-state index >= 15 is 0 Å². The topological polar surface area (TPSA) is 46.0 Å². The Labute approximate surface area is 66.3 Å². The van der Waals surface area contributed by atoms with Crippen molar-refractivity contribution in [3.05, 3.63) is 0 Å². The molecule has 0 saturated heterocycles. The zero-order valence-corrected chi connectivity index (χ0v) is 6.71. The second-order valence-electron chi connectivity index (χ2n) is 2.20. The molecule has 1 aliphatic heterocycles. The minimum atomic E-state index is 0.601. The van der Waals surface area contributed by atoms with Gasteiger partial charge in [-0.3, -0.25) is 4.99 Å². The van der Waals surface area contributed by atoms with Crippen molar-refractivity contribution in [1.29, 1.82) is 0 Å². The van der Waals surface area contributed by atoms with E-state index in [0.29, 0.717) is 6.61 Å². The van der Waals surface area contributed by atoms with Gasteiger partial charge < -0.3 is 10.2 Å². The van der Waals surface area contributed by atoms with Crippen molar-refractivity contribution in [2.24, 2.45) is 10.1 Å². The summed E-state index contributed by atoms with van der Waals surface area (Å²) in [5, 5.41) is 6.79. The third-order valence-corrected chi connectivity index (χ3v) is 1.30. The summed E-state index contributed by atoms with van der Waals surface area (Å²) in [5.41, 5.74) is 0. The van der Waals surface area contributed by atoms with Crippen molar-refractivity contribution in [3.63, 3.8) is 0 Å². The molecule has 0 radical (unpaired) electrons. The van der Waals surface area contributed by atoms with E-state index in [4.69, 9.17) is 4.84 Å². The lowest BCUT2D eigenvalue weighted by molar-refractivity contribution is 0.161. The number of nitrogens with zero attached hydrogens (tertiary/aromatic N) is 2. The quantitative estimate of drug-likeness (QED) is 0.473. The molecule has 0 amide bonds. The molecule has 0 bridgehead atoms. The smallest absolute Gasteiger partial charge is 0.143 e. The summed E-state index contributed by atoms with van der Waals surface area (Å²) in [6, 6.07) is 0. The van der Waals surface area contributed by atoms with Crippen molar-refractivity contribution in [3.8, 4) is 0 Å². The van der Waals surface area contributed by atoms with Crippen molar-refractivity contribution >= 4 is 12.1 Å². The monoisotopic (exact) mass is 155 g/mol. The molecule has 11 heavy (non-hydrogen) atoms. The molecule has 4 nitrogen and oxygen atoms in total. The fraction of sp³-hybridized carbons (Fsp3) is 0.714. The Kier molecular flexibility index (Phi) is 3.44. The highest BCUT2D eigenvalue weighted by Crippen LogP contribution is 1.87. The van der Waals surface area contributed by atoms with Crippen LogP contribution in [0, 0.1) is 0 Å². The molecule has 0 fully saturated rings. The van der Waals surface area contributed by atoms with Crippen LogP contribution in [0.3, 0.4) is 0 Å². The maximum atomic E-state index is 4.78. The van der Waals surface area contributed by atoms with Gasteiger partial charge in [0.25, 0.3) is 0 Å². The number of amidine groups is 1. The second-order valence-corrected chi connectivity index (χ2v) is 2.20. The summed E-state index contributed by atoms with van der Waals surface area (Å²) < 4.78 is 0. The van der Waals surface area contributed by atoms with Crippen LogP contribution in [0.15, 0.2) is 10.1 Å². The van der Waals surface area contributed by atoms with Gasteiger partial charge in [0, 0.05) is 13.1 Å². The number of nitrogens with one attached hydrogen (secondary N) is 1. The molecular weight excluding hydrogens is 142 g/mol. The van der Waals surface area contributed by atoms with Gasteiger partial charge in [-0.25, -0.2) is 0 Å². The van der Waals surface area contributed by atoms with E-state index < -0.39 is 0 Å². The molecule has 0 aliphatic carbocycles. The Hall–Kier alpha value is -1.06. The number of rotatable bonds is 3. The lowest BCUT2D eigenvalue weighted by Crippen LogP contribution is -2.30. The molecule has 1 N–H and O–H groups in total. The molecule has 1 rings (SSSR count). The summed E-state index contributed by atoms with van der Waals surface area (Å²) in [7, 11) is 0. The Bertz CT molecular complexity index is 165. The summed E-state index contributed by atoms with van der Waals surface area (Å²) in [6.07, 6.45) is 2.72. The van der Waals surface area contributed by atoms with Crippen LogP contribution in [0.25, 0.3) is 0 Å². The number of oxime groups is 1. The molecule has 1 aliphatic rings. The zero-order valence-electron chi connectivity index (χ0n) is 6.71. The summed E-state index contributed by atoms with van der Waals surface area (Å²) >= 11 is 0. The van der Waals surface area contributed by atoms with Crippen molar-refractivity contribution in [1.82, 2.24) is 5.32 Å². The van der Waals surface area contributed by atoms with Crippen LogP contribution in [0.5, 0.6) is 0 Å². The van der Waals surface area contributed by atoms with E-state index in [0.717, 1.165) is 25.3 Å². The minimum absolute atomic E-state index is 0.601. The first-order valence-corrected chi connectivity index (χ1v) is 3.87. The van der Waals surface area contributed by atoms with Crippen LogP contribution in [-0.2, 0) is 4.84 Å². The summed E-state index contributed by atoms with van der Waals surface area (Å²) in [5.74, 6) is 0.824. The first-order valence-electron chi connectivity index (χ1n) is 3.87. The van der Waals surface area contributed by atoms with Gasteiger partial charge in [0.15, 0.2) is 0 Å². The molecule has 0 saturated carbocycles. The van der Waals surface area contributed by atoms with E-state index in [2.05, 4.69) is 15.5 Å². The predicted octanol–water partition coefficient (Wildman–Crippen LogP) is 0.401. The third-order valence-electron chi connectivity index (χ3n) is 1.30. The third kappa shape index (κ3) is 3.02. The molecule has 0 unspecified atom stereocenters. The second kappa shape index (κ2) is 4.71. The number of hydrogen-bond acceptors (Lipinski definition) is 4. The van der Waals surface area contributed by atoms with Gasteiger partial charge in [-0.2, -0.15) is 0 Å². The number of aliphatic imine (C=N–C) groups is 1. The van der Waals surface area contributed by atoms with Crippen molar-refractivity contribution in [2.75, 3.05) is 19.7 Å². The Balaban J connectivity index is 2.29. The first-order chi connectivity index (χ1) is 5.43. The van der Waals surface area contributed by atoms with Crippen molar-refractivity contribution < 1.29 is 4.84 Å². The van der Waals surface area contributed by atoms with E-state index in [1.807, 2.05) is 6.92 Å². The average molecular weight is 155 g/mol. The van der Waals surface area contributed by atoms with Crippen LogP contribution in [0.2, 0.25) is 0 Å². The molecule has 0 aromatic rings. The Morgan fingerprint density at radius 3 is 3.36 bits per heavy atom.